The van der Waals surface area contributed by atoms with Crippen LogP contribution in [0.1, 0.15) is 5.69 Å². The highest BCUT2D eigenvalue weighted by atomic mass is 35.5. The fourth-order valence-corrected chi connectivity index (χ4v) is 1.60. The Labute approximate surface area is 109 Å². The minimum atomic E-state index is 0.102. The lowest BCUT2D eigenvalue weighted by molar-refractivity contribution is 0.379. The average molecular weight is 269 g/mol. The molecule has 0 atom stereocenters. The molecule has 8 heteroatoms. The van der Waals surface area contributed by atoms with E-state index < -0.39 is 0 Å². The molecule has 0 aromatic carbocycles. The topological polar surface area (TPSA) is 77.8 Å². The minimum absolute atomic E-state index is 0.102. The number of nitrogens with zero attached hydrogens (tertiary/aromatic N) is 5. The second-order valence-corrected chi connectivity index (χ2v) is 3.88. The Morgan fingerprint density at radius 1 is 1.39 bits per heavy atom. The van der Waals surface area contributed by atoms with Crippen LogP contribution in [0.15, 0.2) is 12.3 Å². The summed E-state index contributed by atoms with van der Waals surface area (Å²) in [5, 5.41) is 7.25. The standard InChI is InChI=1S/C10H13ClN6O/c1-17-7(4-6-13-17)3-5-12-9-14-8(11)15-10(16-9)18-2/h4,6H,3,5H2,1-2H3,(H,12,14,15,16). The maximum absolute atomic E-state index is 5.74. The van der Waals surface area contributed by atoms with E-state index in [1.54, 1.807) is 6.20 Å². The third-order valence-electron chi connectivity index (χ3n) is 2.36. The van der Waals surface area contributed by atoms with Crippen molar-refractivity contribution in [2.45, 2.75) is 6.42 Å². The zero-order valence-corrected chi connectivity index (χ0v) is 10.8. The molecule has 0 fully saturated rings. The van der Waals surface area contributed by atoms with Crippen molar-refractivity contribution in [1.82, 2.24) is 24.7 Å². The highest BCUT2D eigenvalue weighted by Gasteiger charge is 2.05. The number of methoxy groups -OCH3 is 1. The van der Waals surface area contributed by atoms with E-state index in [1.165, 1.54) is 7.11 Å². The summed E-state index contributed by atoms with van der Waals surface area (Å²) in [6, 6.07) is 2.15. The van der Waals surface area contributed by atoms with Crippen LogP contribution in [-0.2, 0) is 13.5 Å². The molecule has 18 heavy (non-hydrogen) atoms. The Morgan fingerprint density at radius 3 is 2.89 bits per heavy atom. The van der Waals surface area contributed by atoms with E-state index in [4.69, 9.17) is 16.3 Å². The first-order valence-corrected chi connectivity index (χ1v) is 5.73. The van der Waals surface area contributed by atoms with Crippen LogP contribution >= 0.6 is 11.6 Å². The maximum atomic E-state index is 5.74. The molecule has 2 aromatic rings. The van der Waals surface area contributed by atoms with Crippen molar-refractivity contribution < 1.29 is 4.74 Å². The lowest BCUT2D eigenvalue weighted by atomic mass is 10.3. The van der Waals surface area contributed by atoms with Gasteiger partial charge in [-0.2, -0.15) is 20.1 Å². The molecule has 0 aliphatic heterocycles. The van der Waals surface area contributed by atoms with E-state index in [0.29, 0.717) is 12.5 Å². The number of nitrogens with one attached hydrogen (secondary N) is 1. The van der Waals surface area contributed by atoms with Crippen LogP contribution in [0.2, 0.25) is 5.28 Å². The molecule has 2 aromatic heterocycles. The van der Waals surface area contributed by atoms with Crippen molar-refractivity contribution in [2.24, 2.45) is 7.05 Å². The van der Waals surface area contributed by atoms with Gasteiger partial charge in [0.05, 0.1) is 7.11 Å². The molecule has 0 amide bonds. The number of ether oxygens (including phenoxy) is 1. The highest BCUT2D eigenvalue weighted by Crippen LogP contribution is 2.10. The molecule has 0 unspecified atom stereocenters. The van der Waals surface area contributed by atoms with Crippen molar-refractivity contribution in [3.63, 3.8) is 0 Å². The molecule has 7 nitrogen and oxygen atoms in total. The summed E-state index contributed by atoms with van der Waals surface area (Å²) in [7, 11) is 3.38. The van der Waals surface area contributed by atoms with Gasteiger partial charge in [-0.25, -0.2) is 0 Å². The first-order valence-electron chi connectivity index (χ1n) is 5.35. The summed E-state index contributed by atoms with van der Waals surface area (Å²) in [6.07, 6.45) is 2.57. The molecule has 2 heterocycles. The van der Waals surface area contributed by atoms with Gasteiger partial charge < -0.3 is 10.1 Å². The first kappa shape index (κ1) is 12.6. The van der Waals surface area contributed by atoms with Gasteiger partial charge >= 0.3 is 6.01 Å². The fourth-order valence-electron chi connectivity index (χ4n) is 1.45. The molecular weight excluding hydrogens is 256 g/mol. The number of anilines is 1. The molecule has 0 saturated heterocycles. The van der Waals surface area contributed by atoms with Crippen molar-refractivity contribution >= 4 is 17.5 Å². The van der Waals surface area contributed by atoms with E-state index in [9.17, 15) is 0 Å². The molecular formula is C10H13ClN6O. The smallest absolute Gasteiger partial charge is 0.322 e. The Morgan fingerprint density at radius 2 is 2.22 bits per heavy atom. The van der Waals surface area contributed by atoms with Crippen LogP contribution in [-0.4, -0.2) is 38.4 Å². The van der Waals surface area contributed by atoms with E-state index in [0.717, 1.165) is 12.1 Å². The second kappa shape index (κ2) is 5.63. The van der Waals surface area contributed by atoms with E-state index >= 15 is 0 Å². The van der Waals surface area contributed by atoms with Gasteiger partial charge in [0.25, 0.3) is 0 Å². The van der Waals surface area contributed by atoms with Crippen molar-refractivity contribution in [3.8, 4) is 6.01 Å². The largest absolute Gasteiger partial charge is 0.467 e. The molecule has 0 saturated carbocycles. The van der Waals surface area contributed by atoms with Crippen LogP contribution < -0.4 is 10.1 Å². The fraction of sp³-hybridized carbons (Fsp3) is 0.400. The third-order valence-corrected chi connectivity index (χ3v) is 2.53. The monoisotopic (exact) mass is 268 g/mol. The number of hydrogen-bond donors (Lipinski definition) is 1. The third kappa shape index (κ3) is 3.07. The summed E-state index contributed by atoms with van der Waals surface area (Å²) in [6.45, 7) is 0.670. The van der Waals surface area contributed by atoms with Gasteiger partial charge in [0, 0.05) is 31.9 Å². The predicted molar refractivity (Wildman–Crippen MR) is 66.8 cm³/mol. The molecule has 0 aliphatic carbocycles. The lowest BCUT2D eigenvalue weighted by Crippen LogP contribution is -2.11. The summed E-state index contributed by atoms with van der Waals surface area (Å²) in [4.78, 5) is 11.8. The summed E-state index contributed by atoms with van der Waals surface area (Å²) >= 11 is 5.74. The number of aryl methyl sites for hydroxylation is 1. The van der Waals surface area contributed by atoms with Crippen LogP contribution in [0, 0.1) is 0 Å². The lowest BCUT2D eigenvalue weighted by Gasteiger charge is -2.06. The normalized spacial score (nSPS) is 10.4. The number of aromatic nitrogens is 5. The predicted octanol–water partition coefficient (Wildman–Crippen LogP) is 0.922. The number of hydrogen-bond acceptors (Lipinski definition) is 6. The zero-order valence-electron chi connectivity index (χ0n) is 10.1. The quantitative estimate of drug-likeness (QED) is 0.869. The van der Waals surface area contributed by atoms with E-state index in [-0.39, 0.29) is 11.3 Å². The minimum Gasteiger partial charge on any atom is -0.467 e. The van der Waals surface area contributed by atoms with Gasteiger partial charge in [-0.1, -0.05) is 0 Å². The van der Waals surface area contributed by atoms with Gasteiger partial charge in [-0.05, 0) is 17.7 Å². The van der Waals surface area contributed by atoms with E-state index in [1.807, 2.05) is 17.8 Å². The van der Waals surface area contributed by atoms with Crippen LogP contribution in [0.5, 0.6) is 6.01 Å². The summed E-state index contributed by atoms with van der Waals surface area (Å²) in [5.74, 6) is 0.397. The van der Waals surface area contributed by atoms with Gasteiger partial charge in [0.1, 0.15) is 0 Å². The summed E-state index contributed by atoms with van der Waals surface area (Å²) in [5.41, 5.74) is 1.12. The van der Waals surface area contributed by atoms with Crippen molar-refractivity contribution in [2.75, 3.05) is 19.0 Å². The second-order valence-electron chi connectivity index (χ2n) is 3.54. The van der Waals surface area contributed by atoms with Gasteiger partial charge in [-0.15, -0.1) is 0 Å². The average Bonchev–Trinajstić information content (AvgIpc) is 2.74. The SMILES string of the molecule is COc1nc(Cl)nc(NCCc2ccnn2C)n1. The zero-order chi connectivity index (χ0) is 13.0. The molecule has 1 N–H and O–H groups in total. The summed E-state index contributed by atoms with van der Waals surface area (Å²) < 4.78 is 6.73. The Balaban J connectivity index is 1.94. The Bertz CT molecular complexity index is 529. The van der Waals surface area contributed by atoms with Gasteiger partial charge in [0.2, 0.25) is 11.2 Å². The maximum Gasteiger partial charge on any atom is 0.322 e. The van der Waals surface area contributed by atoms with Gasteiger partial charge in [-0.3, -0.25) is 4.68 Å². The van der Waals surface area contributed by atoms with Crippen LogP contribution in [0.4, 0.5) is 5.95 Å². The van der Waals surface area contributed by atoms with Crippen LogP contribution in [0.25, 0.3) is 0 Å². The Hall–Kier alpha value is -1.89. The molecule has 0 aliphatic rings. The number of rotatable bonds is 5. The molecule has 2 rings (SSSR count). The molecule has 0 bridgehead atoms. The van der Waals surface area contributed by atoms with Crippen molar-refractivity contribution in [1.29, 1.82) is 0 Å². The highest BCUT2D eigenvalue weighted by molar-refractivity contribution is 6.28. The Kier molecular flexibility index (Phi) is 3.93. The first-order chi connectivity index (χ1) is 8.69. The molecule has 0 spiro atoms. The molecule has 96 valence electrons. The van der Waals surface area contributed by atoms with Gasteiger partial charge in [0.15, 0.2) is 0 Å². The number of halogens is 1. The van der Waals surface area contributed by atoms with Crippen molar-refractivity contribution in [3.05, 3.63) is 23.2 Å². The van der Waals surface area contributed by atoms with Crippen LogP contribution in [0.3, 0.4) is 0 Å². The van der Waals surface area contributed by atoms with E-state index in [2.05, 4.69) is 25.4 Å². The molecule has 0 radical (unpaired) electrons.